The highest BCUT2D eigenvalue weighted by molar-refractivity contribution is 8.01. The summed E-state index contributed by atoms with van der Waals surface area (Å²) in [5.74, 6) is 1.93. The molecule has 1 saturated carbocycles. The van der Waals surface area contributed by atoms with Gasteiger partial charge in [-0.1, -0.05) is 20.8 Å². The Morgan fingerprint density at radius 3 is 2.55 bits per heavy atom. The second kappa shape index (κ2) is 5.78. The van der Waals surface area contributed by atoms with Gasteiger partial charge in [-0.3, -0.25) is 4.90 Å². The molecule has 2 aliphatic rings. The first kappa shape index (κ1) is 16.6. The van der Waals surface area contributed by atoms with E-state index < -0.39 is 9.84 Å². The third kappa shape index (κ3) is 3.03. The highest BCUT2D eigenvalue weighted by Gasteiger charge is 2.50. The molecule has 1 aliphatic carbocycles. The molecule has 2 fully saturated rings. The number of hydrogen-bond donors (Lipinski definition) is 1. The van der Waals surface area contributed by atoms with E-state index in [4.69, 9.17) is 5.73 Å². The van der Waals surface area contributed by atoms with Crippen LogP contribution in [0.4, 0.5) is 0 Å². The van der Waals surface area contributed by atoms with Crippen molar-refractivity contribution in [3.05, 3.63) is 0 Å². The largest absolute Gasteiger partial charge is 0.329 e. The third-order valence-corrected chi connectivity index (χ3v) is 8.25. The molecule has 0 aromatic carbocycles. The van der Waals surface area contributed by atoms with Gasteiger partial charge in [0.1, 0.15) is 5.37 Å². The van der Waals surface area contributed by atoms with E-state index in [1.54, 1.807) is 18.7 Å². The van der Waals surface area contributed by atoms with Crippen molar-refractivity contribution in [1.29, 1.82) is 0 Å². The zero-order valence-corrected chi connectivity index (χ0v) is 14.5. The van der Waals surface area contributed by atoms with Crippen molar-refractivity contribution in [3.63, 3.8) is 0 Å². The van der Waals surface area contributed by atoms with Gasteiger partial charge in [0.15, 0.2) is 9.84 Å². The van der Waals surface area contributed by atoms with Gasteiger partial charge in [-0.15, -0.1) is 0 Å². The van der Waals surface area contributed by atoms with Crippen molar-refractivity contribution in [2.75, 3.05) is 30.3 Å². The number of nitrogens with two attached hydrogens (primary N) is 1. The van der Waals surface area contributed by atoms with E-state index in [0.29, 0.717) is 12.3 Å². The lowest BCUT2D eigenvalue weighted by atomic mass is 9.86. The van der Waals surface area contributed by atoms with Crippen molar-refractivity contribution in [3.8, 4) is 0 Å². The summed E-state index contributed by atoms with van der Waals surface area (Å²) in [4.78, 5) is 2.25. The van der Waals surface area contributed by atoms with Crippen LogP contribution < -0.4 is 5.73 Å². The van der Waals surface area contributed by atoms with Crippen LogP contribution in [-0.4, -0.2) is 54.6 Å². The summed E-state index contributed by atoms with van der Waals surface area (Å²) in [5.41, 5.74) is 6.28. The van der Waals surface area contributed by atoms with E-state index in [0.717, 1.165) is 31.6 Å². The van der Waals surface area contributed by atoms with Crippen LogP contribution in [0.1, 0.15) is 40.0 Å². The monoisotopic (exact) mass is 320 g/mol. The Balaban J connectivity index is 2.32. The lowest BCUT2D eigenvalue weighted by Gasteiger charge is -2.47. The Kier molecular flexibility index (Phi) is 4.80. The Labute approximate surface area is 127 Å². The molecule has 118 valence electrons. The highest BCUT2D eigenvalue weighted by Crippen LogP contribution is 2.48. The van der Waals surface area contributed by atoms with Crippen LogP contribution >= 0.6 is 11.8 Å². The topological polar surface area (TPSA) is 63.4 Å². The molecule has 4 nitrogen and oxygen atoms in total. The molecule has 1 saturated heterocycles. The minimum Gasteiger partial charge on any atom is -0.329 e. The molecule has 1 heterocycles. The first-order chi connectivity index (χ1) is 9.26. The van der Waals surface area contributed by atoms with Gasteiger partial charge >= 0.3 is 0 Å². The average Bonchev–Trinajstić information content (AvgIpc) is 2.75. The Hall–Kier alpha value is 0.220. The standard InChI is InChI=1S/C14H28N2O2S2/c1-4-20(17,18)12-9-19-8-7-16(12)14(11-15)6-5-13(2,3)10-14/h12H,4-11,15H2,1-3H3. The Morgan fingerprint density at radius 1 is 1.35 bits per heavy atom. The maximum absolute atomic E-state index is 12.4. The van der Waals surface area contributed by atoms with Crippen LogP contribution in [0.3, 0.4) is 0 Å². The molecule has 6 heteroatoms. The van der Waals surface area contributed by atoms with Crippen molar-refractivity contribution in [2.24, 2.45) is 11.1 Å². The normalized spacial score (nSPS) is 35.3. The minimum absolute atomic E-state index is 0.114. The van der Waals surface area contributed by atoms with Gasteiger partial charge in [0.05, 0.1) is 0 Å². The Morgan fingerprint density at radius 2 is 2.05 bits per heavy atom. The number of nitrogens with zero attached hydrogens (tertiary/aromatic N) is 1. The molecule has 2 rings (SSSR count). The maximum atomic E-state index is 12.4. The van der Waals surface area contributed by atoms with Gasteiger partial charge in [-0.25, -0.2) is 8.42 Å². The van der Waals surface area contributed by atoms with Crippen LogP contribution in [-0.2, 0) is 9.84 Å². The second-order valence-corrected chi connectivity index (χ2v) is 10.5. The molecule has 0 aromatic rings. The van der Waals surface area contributed by atoms with Gasteiger partial charge in [-0.05, 0) is 24.7 Å². The van der Waals surface area contributed by atoms with E-state index in [2.05, 4.69) is 18.7 Å². The lowest BCUT2D eigenvalue weighted by molar-refractivity contribution is 0.0844. The van der Waals surface area contributed by atoms with Gasteiger partial charge in [0.2, 0.25) is 0 Å². The number of sulfone groups is 1. The molecule has 2 atom stereocenters. The zero-order valence-electron chi connectivity index (χ0n) is 12.9. The maximum Gasteiger partial charge on any atom is 0.166 e. The molecule has 0 spiro atoms. The lowest BCUT2D eigenvalue weighted by Crippen LogP contribution is -2.61. The molecular weight excluding hydrogens is 292 g/mol. The van der Waals surface area contributed by atoms with Crippen molar-refractivity contribution >= 4 is 21.6 Å². The van der Waals surface area contributed by atoms with E-state index in [9.17, 15) is 8.42 Å². The molecule has 2 N–H and O–H groups in total. The first-order valence-electron chi connectivity index (χ1n) is 7.52. The molecular formula is C14H28N2O2S2. The zero-order chi connectivity index (χ0) is 15.0. The SMILES string of the molecule is CCS(=O)(=O)C1CSCCN1C1(CN)CCC(C)(C)C1. The van der Waals surface area contributed by atoms with E-state index in [1.807, 2.05) is 0 Å². The van der Waals surface area contributed by atoms with Crippen molar-refractivity contribution in [2.45, 2.75) is 50.9 Å². The van der Waals surface area contributed by atoms with Crippen molar-refractivity contribution < 1.29 is 8.42 Å². The summed E-state index contributed by atoms with van der Waals surface area (Å²) in [5, 5.41) is -0.344. The number of rotatable bonds is 4. The van der Waals surface area contributed by atoms with Crippen LogP contribution in [0.2, 0.25) is 0 Å². The average molecular weight is 321 g/mol. The summed E-state index contributed by atoms with van der Waals surface area (Å²) < 4.78 is 24.9. The quantitative estimate of drug-likeness (QED) is 0.854. The predicted octanol–water partition coefficient (Wildman–Crippen LogP) is 1.70. The fraction of sp³-hybridized carbons (Fsp3) is 1.00. The third-order valence-electron chi connectivity index (χ3n) is 4.97. The van der Waals surface area contributed by atoms with Gasteiger partial charge in [0, 0.05) is 35.9 Å². The van der Waals surface area contributed by atoms with Gasteiger partial charge < -0.3 is 5.73 Å². The number of hydrogen-bond acceptors (Lipinski definition) is 5. The van der Waals surface area contributed by atoms with Crippen LogP contribution in [0.5, 0.6) is 0 Å². The fourth-order valence-electron chi connectivity index (χ4n) is 3.79. The molecule has 0 bridgehead atoms. The summed E-state index contributed by atoms with van der Waals surface area (Å²) in [6.07, 6.45) is 3.17. The summed E-state index contributed by atoms with van der Waals surface area (Å²) in [7, 11) is -3.04. The second-order valence-electron chi connectivity index (χ2n) is 6.94. The smallest absolute Gasteiger partial charge is 0.166 e. The predicted molar refractivity (Wildman–Crippen MR) is 86.7 cm³/mol. The van der Waals surface area contributed by atoms with Crippen LogP contribution in [0.25, 0.3) is 0 Å². The summed E-state index contributed by atoms with van der Waals surface area (Å²) in [6.45, 7) is 7.71. The molecule has 2 unspecified atom stereocenters. The van der Waals surface area contributed by atoms with E-state index in [-0.39, 0.29) is 22.1 Å². The molecule has 0 amide bonds. The van der Waals surface area contributed by atoms with E-state index >= 15 is 0 Å². The van der Waals surface area contributed by atoms with Crippen LogP contribution in [0.15, 0.2) is 0 Å². The minimum atomic E-state index is -3.04. The van der Waals surface area contributed by atoms with Gasteiger partial charge in [0.25, 0.3) is 0 Å². The molecule has 0 aromatic heterocycles. The molecule has 1 aliphatic heterocycles. The van der Waals surface area contributed by atoms with Gasteiger partial charge in [-0.2, -0.15) is 11.8 Å². The van der Waals surface area contributed by atoms with Crippen molar-refractivity contribution in [1.82, 2.24) is 4.90 Å². The Bertz CT molecular complexity index is 450. The van der Waals surface area contributed by atoms with Crippen LogP contribution in [0, 0.1) is 5.41 Å². The molecule has 0 radical (unpaired) electrons. The number of thioether (sulfide) groups is 1. The van der Waals surface area contributed by atoms with E-state index in [1.165, 1.54) is 0 Å². The first-order valence-corrected chi connectivity index (χ1v) is 10.4. The fourth-order valence-corrected chi connectivity index (χ4v) is 6.88. The molecule has 20 heavy (non-hydrogen) atoms. The summed E-state index contributed by atoms with van der Waals surface area (Å²) in [6, 6.07) is 0. The highest BCUT2D eigenvalue weighted by atomic mass is 32.2. The summed E-state index contributed by atoms with van der Waals surface area (Å²) >= 11 is 1.76.